The summed E-state index contributed by atoms with van der Waals surface area (Å²) in [5.41, 5.74) is 3.66. The zero-order valence-corrected chi connectivity index (χ0v) is 16.4. The molecule has 146 valence electrons. The smallest absolute Gasteiger partial charge is 0.256 e. The number of fused-ring (bicyclic) bond motifs is 1. The predicted octanol–water partition coefficient (Wildman–Crippen LogP) is 3.31. The van der Waals surface area contributed by atoms with Crippen molar-refractivity contribution in [3.63, 3.8) is 0 Å². The van der Waals surface area contributed by atoms with E-state index in [0.717, 1.165) is 48.6 Å². The lowest BCUT2D eigenvalue weighted by atomic mass is 10.2. The van der Waals surface area contributed by atoms with Gasteiger partial charge in [0.2, 0.25) is 0 Å². The van der Waals surface area contributed by atoms with E-state index in [9.17, 15) is 4.79 Å². The van der Waals surface area contributed by atoms with Crippen LogP contribution in [0.5, 0.6) is 0 Å². The van der Waals surface area contributed by atoms with Gasteiger partial charge in [0.25, 0.3) is 5.91 Å². The van der Waals surface area contributed by atoms with Gasteiger partial charge in [0.15, 0.2) is 0 Å². The maximum Gasteiger partial charge on any atom is 0.256 e. The summed E-state index contributed by atoms with van der Waals surface area (Å²) >= 11 is 0. The van der Waals surface area contributed by atoms with E-state index in [2.05, 4.69) is 33.3 Å². The van der Waals surface area contributed by atoms with Gasteiger partial charge < -0.3 is 14.2 Å². The zero-order chi connectivity index (χ0) is 19.1. The molecule has 0 spiro atoms. The quantitative estimate of drug-likeness (QED) is 0.704. The van der Waals surface area contributed by atoms with E-state index in [1.54, 1.807) is 0 Å². The van der Waals surface area contributed by atoms with Crippen LogP contribution in [0, 0.1) is 0 Å². The molecule has 3 aromatic heterocycles. The lowest BCUT2D eigenvalue weighted by Gasteiger charge is -2.32. The van der Waals surface area contributed by atoms with E-state index in [1.807, 2.05) is 35.4 Å². The average molecular weight is 377 g/mol. The maximum atomic E-state index is 13.2. The third-order valence-corrected chi connectivity index (χ3v) is 6.27. The van der Waals surface area contributed by atoms with Crippen molar-refractivity contribution in [3.05, 3.63) is 48.3 Å². The highest BCUT2D eigenvalue weighted by Crippen LogP contribution is 2.31. The average Bonchev–Trinajstić information content (AvgIpc) is 3.46. The first-order valence-electron chi connectivity index (χ1n) is 10.3. The van der Waals surface area contributed by atoms with Crippen LogP contribution in [0.4, 0.5) is 0 Å². The lowest BCUT2D eigenvalue weighted by Crippen LogP contribution is -2.47. The maximum absolute atomic E-state index is 13.2. The Morgan fingerprint density at radius 3 is 2.61 bits per heavy atom. The largest absolute Gasteiger partial charge is 0.336 e. The first-order chi connectivity index (χ1) is 13.7. The molecule has 2 fully saturated rings. The van der Waals surface area contributed by atoms with Crippen LogP contribution in [0.2, 0.25) is 0 Å². The number of carbonyl (C=O) groups is 1. The molecule has 2 aliphatic rings. The van der Waals surface area contributed by atoms with Gasteiger partial charge in [-0.15, -0.1) is 0 Å². The van der Waals surface area contributed by atoms with Crippen LogP contribution >= 0.6 is 0 Å². The Kier molecular flexibility index (Phi) is 4.43. The normalized spacial score (nSPS) is 19.0. The standard InChI is InChI=1S/C22H27N5O/c1-24-12-14-25(15-13-24)22(28)18-16-21(26-10-5-4-8-20(18)26)19-9-11-27(23-19)17-6-2-3-7-17/h4-5,8-11,16-17H,2-3,6-7,12-15H2,1H3. The number of aromatic nitrogens is 3. The Balaban J connectivity index is 1.51. The first-order valence-corrected chi connectivity index (χ1v) is 10.3. The summed E-state index contributed by atoms with van der Waals surface area (Å²) in [6, 6.07) is 10.7. The summed E-state index contributed by atoms with van der Waals surface area (Å²) < 4.78 is 4.22. The molecular formula is C22H27N5O. The van der Waals surface area contributed by atoms with Crippen LogP contribution in [0.25, 0.3) is 16.9 Å². The van der Waals surface area contributed by atoms with Crippen molar-refractivity contribution in [2.24, 2.45) is 0 Å². The number of hydrogen-bond donors (Lipinski definition) is 0. The molecule has 3 aromatic rings. The van der Waals surface area contributed by atoms with Gasteiger partial charge in [-0.1, -0.05) is 18.9 Å². The van der Waals surface area contributed by atoms with Gasteiger partial charge in [-0.3, -0.25) is 9.48 Å². The Morgan fingerprint density at radius 2 is 1.82 bits per heavy atom. The molecule has 0 bridgehead atoms. The fourth-order valence-corrected chi connectivity index (χ4v) is 4.55. The van der Waals surface area contributed by atoms with Crippen molar-refractivity contribution in [3.8, 4) is 11.4 Å². The Bertz CT molecular complexity index is 989. The van der Waals surface area contributed by atoms with Crippen LogP contribution in [0.3, 0.4) is 0 Å². The van der Waals surface area contributed by atoms with Gasteiger partial charge >= 0.3 is 0 Å². The molecule has 0 radical (unpaired) electrons. The van der Waals surface area contributed by atoms with E-state index < -0.39 is 0 Å². The molecular weight excluding hydrogens is 350 g/mol. The summed E-state index contributed by atoms with van der Waals surface area (Å²) in [5, 5.41) is 4.87. The van der Waals surface area contributed by atoms with Crippen molar-refractivity contribution in [1.82, 2.24) is 24.0 Å². The Hall–Kier alpha value is -2.60. The molecule has 0 aromatic carbocycles. The topological polar surface area (TPSA) is 45.8 Å². The van der Waals surface area contributed by atoms with E-state index in [0.29, 0.717) is 6.04 Å². The van der Waals surface area contributed by atoms with Gasteiger partial charge in [0, 0.05) is 38.6 Å². The number of piperazine rings is 1. The summed E-state index contributed by atoms with van der Waals surface area (Å²) in [5.74, 6) is 0.123. The fourth-order valence-electron chi connectivity index (χ4n) is 4.55. The van der Waals surface area contributed by atoms with E-state index in [-0.39, 0.29) is 5.91 Å². The fraction of sp³-hybridized carbons (Fsp3) is 0.455. The molecule has 5 rings (SSSR count). The highest BCUT2D eigenvalue weighted by atomic mass is 16.2. The number of hydrogen-bond acceptors (Lipinski definition) is 3. The minimum absolute atomic E-state index is 0.123. The predicted molar refractivity (Wildman–Crippen MR) is 110 cm³/mol. The van der Waals surface area contributed by atoms with Gasteiger partial charge in [0.05, 0.1) is 22.8 Å². The second-order valence-electron chi connectivity index (χ2n) is 8.11. The molecule has 0 atom stereocenters. The highest BCUT2D eigenvalue weighted by molar-refractivity contribution is 6.02. The summed E-state index contributed by atoms with van der Waals surface area (Å²) in [6.45, 7) is 3.42. The third-order valence-electron chi connectivity index (χ3n) is 6.27. The second-order valence-corrected chi connectivity index (χ2v) is 8.11. The van der Waals surface area contributed by atoms with Crippen LogP contribution in [0.15, 0.2) is 42.7 Å². The van der Waals surface area contributed by atoms with Gasteiger partial charge in [0.1, 0.15) is 5.69 Å². The van der Waals surface area contributed by atoms with Gasteiger partial charge in [-0.25, -0.2) is 0 Å². The minimum atomic E-state index is 0.123. The van der Waals surface area contributed by atoms with Crippen molar-refractivity contribution < 1.29 is 4.79 Å². The van der Waals surface area contributed by atoms with E-state index in [1.165, 1.54) is 25.7 Å². The summed E-state index contributed by atoms with van der Waals surface area (Å²) in [7, 11) is 2.11. The number of likely N-dealkylation sites (N-methyl/N-ethyl adjacent to an activating group) is 1. The molecule has 6 nitrogen and oxygen atoms in total. The van der Waals surface area contributed by atoms with Crippen molar-refractivity contribution in [1.29, 1.82) is 0 Å². The van der Waals surface area contributed by atoms with Gasteiger partial charge in [-0.05, 0) is 44.2 Å². The minimum Gasteiger partial charge on any atom is -0.336 e. The molecule has 0 N–H and O–H groups in total. The number of nitrogens with zero attached hydrogens (tertiary/aromatic N) is 5. The highest BCUT2D eigenvalue weighted by Gasteiger charge is 2.25. The van der Waals surface area contributed by atoms with Crippen molar-refractivity contribution in [2.45, 2.75) is 31.7 Å². The summed E-state index contributed by atoms with van der Waals surface area (Å²) in [6.07, 6.45) is 9.12. The number of pyridine rings is 1. The first kappa shape index (κ1) is 17.5. The molecule has 1 saturated heterocycles. The second kappa shape index (κ2) is 7.09. The molecule has 1 saturated carbocycles. The molecule has 0 unspecified atom stereocenters. The van der Waals surface area contributed by atoms with Crippen molar-refractivity contribution >= 4 is 11.4 Å². The third kappa shape index (κ3) is 3.02. The molecule has 1 amide bonds. The lowest BCUT2D eigenvalue weighted by molar-refractivity contribution is 0.0666. The zero-order valence-electron chi connectivity index (χ0n) is 16.4. The van der Waals surface area contributed by atoms with E-state index in [4.69, 9.17) is 5.10 Å². The SMILES string of the molecule is CN1CCN(C(=O)c2cc(-c3ccn(C4CCCC4)n3)n3ccccc23)CC1. The number of carbonyl (C=O) groups excluding carboxylic acids is 1. The monoisotopic (exact) mass is 377 g/mol. The number of amides is 1. The molecule has 1 aliphatic carbocycles. The van der Waals surface area contributed by atoms with Crippen molar-refractivity contribution in [2.75, 3.05) is 33.2 Å². The van der Waals surface area contributed by atoms with Crippen LogP contribution in [-0.4, -0.2) is 63.1 Å². The van der Waals surface area contributed by atoms with E-state index >= 15 is 0 Å². The molecule has 4 heterocycles. The Labute approximate surface area is 165 Å². The molecule has 6 heteroatoms. The Morgan fingerprint density at radius 1 is 1.04 bits per heavy atom. The van der Waals surface area contributed by atoms with Gasteiger partial charge in [-0.2, -0.15) is 5.10 Å². The number of rotatable bonds is 3. The van der Waals surface area contributed by atoms with Crippen LogP contribution in [-0.2, 0) is 0 Å². The molecule has 28 heavy (non-hydrogen) atoms. The van der Waals surface area contributed by atoms with Crippen LogP contribution in [0.1, 0.15) is 42.1 Å². The molecule has 1 aliphatic heterocycles. The summed E-state index contributed by atoms with van der Waals surface area (Å²) in [4.78, 5) is 17.5. The van der Waals surface area contributed by atoms with Crippen LogP contribution < -0.4 is 0 Å².